The zero-order valence-corrected chi connectivity index (χ0v) is 8.41. The van der Waals surface area contributed by atoms with Gasteiger partial charge in [0.05, 0.1) is 0 Å². The molecule has 4 heteroatoms. The number of nitrogens with zero attached hydrogens (tertiary/aromatic N) is 1. The Morgan fingerprint density at radius 2 is 2.00 bits per heavy atom. The Bertz CT molecular complexity index is 458. The van der Waals surface area contributed by atoms with Crippen molar-refractivity contribution in [3.63, 3.8) is 0 Å². The highest BCUT2D eigenvalue weighted by molar-refractivity contribution is 5.96. The van der Waals surface area contributed by atoms with Crippen molar-refractivity contribution in [2.45, 2.75) is 6.42 Å². The van der Waals surface area contributed by atoms with E-state index in [0.29, 0.717) is 0 Å². The van der Waals surface area contributed by atoms with Crippen molar-refractivity contribution in [1.82, 2.24) is 0 Å². The highest BCUT2D eigenvalue weighted by Crippen LogP contribution is 2.29. The maximum Gasteiger partial charge on any atom is 0.228 e. The summed E-state index contributed by atoms with van der Waals surface area (Å²) in [5.41, 5.74) is -0.301. The maximum atomic E-state index is 13.4. The molecular weight excluding hydrogens is 212 g/mol. The number of benzene rings is 1. The first-order valence-electron chi connectivity index (χ1n) is 4.84. The number of carbonyl (C=O) groups is 1. The number of anilines is 1. The average molecular weight is 221 g/mol. The van der Waals surface area contributed by atoms with Gasteiger partial charge >= 0.3 is 0 Å². The second-order valence-corrected chi connectivity index (χ2v) is 3.64. The molecule has 1 unspecified atom stereocenters. The monoisotopic (exact) mass is 221 g/mol. The molecular formula is C12H9F2NO. The van der Waals surface area contributed by atoms with Gasteiger partial charge in [0.2, 0.25) is 5.91 Å². The number of hydrogen-bond acceptors (Lipinski definition) is 1. The van der Waals surface area contributed by atoms with Crippen LogP contribution in [0.2, 0.25) is 0 Å². The quantitative estimate of drug-likeness (QED) is 0.664. The minimum Gasteiger partial charge on any atom is -0.306 e. The second kappa shape index (κ2) is 3.93. The van der Waals surface area contributed by atoms with Crippen LogP contribution < -0.4 is 4.90 Å². The number of terminal acetylenes is 1. The number of carbonyl (C=O) groups excluding carboxylic acids is 1. The lowest BCUT2D eigenvalue weighted by Gasteiger charge is -2.17. The van der Waals surface area contributed by atoms with Gasteiger partial charge in [-0.2, -0.15) is 0 Å². The molecule has 1 aromatic carbocycles. The van der Waals surface area contributed by atoms with Gasteiger partial charge in [-0.25, -0.2) is 8.78 Å². The van der Waals surface area contributed by atoms with Gasteiger partial charge < -0.3 is 4.90 Å². The van der Waals surface area contributed by atoms with E-state index in [0.717, 1.165) is 17.0 Å². The minimum absolute atomic E-state index is 0.143. The summed E-state index contributed by atoms with van der Waals surface area (Å²) in [7, 11) is 0. The fraction of sp³-hybridized carbons (Fsp3) is 0.250. The van der Waals surface area contributed by atoms with Gasteiger partial charge in [0.1, 0.15) is 17.3 Å². The summed E-state index contributed by atoms with van der Waals surface area (Å²) >= 11 is 0. The first-order chi connectivity index (χ1) is 7.63. The van der Waals surface area contributed by atoms with E-state index in [9.17, 15) is 13.6 Å². The molecule has 0 spiro atoms. The molecule has 0 N–H and O–H groups in total. The molecule has 0 saturated carbocycles. The molecule has 2 rings (SSSR count). The lowest BCUT2D eigenvalue weighted by molar-refractivity contribution is -0.117. The normalized spacial score (nSPS) is 19.9. The molecule has 1 amide bonds. The van der Waals surface area contributed by atoms with Crippen LogP contribution in [0.1, 0.15) is 6.42 Å². The molecule has 2 nitrogen and oxygen atoms in total. The van der Waals surface area contributed by atoms with Crippen molar-refractivity contribution < 1.29 is 13.6 Å². The Balaban J connectivity index is 2.39. The van der Waals surface area contributed by atoms with E-state index in [4.69, 9.17) is 6.42 Å². The topological polar surface area (TPSA) is 20.3 Å². The predicted octanol–water partition coefficient (Wildman–Crippen LogP) is 1.95. The largest absolute Gasteiger partial charge is 0.306 e. The molecule has 1 heterocycles. The first kappa shape index (κ1) is 10.6. The maximum absolute atomic E-state index is 13.4. The van der Waals surface area contributed by atoms with Crippen LogP contribution in [-0.2, 0) is 4.79 Å². The van der Waals surface area contributed by atoms with Crippen LogP contribution >= 0.6 is 0 Å². The Morgan fingerprint density at radius 1 is 1.38 bits per heavy atom. The van der Waals surface area contributed by atoms with E-state index in [1.165, 1.54) is 6.07 Å². The summed E-state index contributed by atoms with van der Waals surface area (Å²) < 4.78 is 26.8. The highest BCUT2D eigenvalue weighted by atomic mass is 19.1. The van der Waals surface area contributed by atoms with E-state index >= 15 is 0 Å². The molecule has 82 valence electrons. The standard InChI is InChI=1S/C12H9F2NO/c1-2-8-6-11(16)15(7-8)12-9(13)4-3-5-10(12)14/h1,3-5,8H,6-7H2. The molecule has 1 aliphatic heterocycles. The average Bonchev–Trinajstić information content (AvgIpc) is 2.60. The van der Waals surface area contributed by atoms with Crippen LogP contribution in [0.5, 0.6) is 0 Å². The molecule has 16 heavy (non-hydrogen) atoms. The van der Waals surface area contributed by atoms with E-state index in [2.05, 4.69) is 5.92 Å². The van der Waals surface area contributed by atoms with Crippen LogP contribution in [0.4, 0.5) is 14.5 Å². The van der Waals surface area contributed by atoms with E-state index in [-0.39, 0.29) is 30.5 Å². The van der Waals surface area contributed by atoms with Crippen LogP contribution in [0.25, 0.3) is 0 Å². The zero-order chi connectivity index (χ0) is 11.7. The molecule has 0 radical (unpaired) electrons. The van der Waals surface area contributed by atoms with Gasteiger partial charge in [-0.1, -0.05) is 6.07 Å². The van der Waals surface area contributed by atoms with E-state index in [1.54, 1.807) is 0 Å². The van der Waals surface area contributed by atoms with E-state index in [1.807, 2.05) is 0 Å². The Morgan fingerprint density at radius 3 is 2.50 bits per heavy atom. The van der Waals surface area contributed by atoms with Crippen LogP contribution in [0.15, 0.2) is 18.2 Å². The zero-order valence-electron chi connectivity index (χ0n) is 8.41. The van der Waals surface area contributed by atoms with Gasteiger partial charge in [-0.15, -0.1) is 12.3 Å². The fourth-order valence-electron chi connectivity index (χ4n) is 1.78. The van der Waals surface area contributed by atoms with Crippen molar-refractivity contribution in [2.24, 2.45) is 5.92 Å². The number of halogens is 2. The van der Waals surface area contributed by atoms with Crippen molar-refractivity contribution in [3.8, 4) is 12.3 Å². The lowest BCUT2D eigenvalue weighted by Crippen LogP contribution is -2.26. The number of hydrogen-bond donors (Lipinski definition) is 0. The number of rotatable bonds is 1. The highest BCUT2D eigenvalue weighted by Gasteiger charge is 2.32. The Hall–Kier alpha value is -1.89. The van der Waals surface area contributed by atoms with Gasteiger partial charge in [0, 0.05) is 18.9 Å². The van der Waals surface area contributed by atoms with Gasteiger partial charge in [0.15, 0.2) is 0 Å². The summed E-state index contributed by atoms with van der Waals surface area (Å²) in [4.78, 5) is 12.6. The van der Waals surface area contributed by atoms with Crippen LogP contribution in [-0.4, -0.2) is 12.5 Å². The Labute approximate surface area is 91.9 Å². The van der Waals surface area contributed by atoms with Crippen molar-refractivity contribution in [2.75, 3.05) is 11.4 Å². The number of para-hydroxylation sites is 1. The summed E-state index contributed by atoms with van der Waals surface area (Å²) in [6.07, 6.45) is 5.34. The van der Waals surface area contributed by atoms with Crippen molar-refractivity contribution >= 4 is 11.6 Å². The summed E-state index contributed by atoms with van der Waals surface area (Å²) in [5.74, 6) is 0.324. The molecule has 0 aliphatic carbocycles. The first-order valence-corrected chi connectivity index (χ1v) is 4.84. The summed E-state index contributed by atoms with van der Waals surface area (Å²) in [5, 5.41) is 0. The molecule has 0 aromatic heterocycles. The molecule has 1 aliphatic rings. The third-order valence-corrected chi connectivity index (χ3v) is 2.57. The van der Waals surface area contributed by atoms with E-state index < -0.39 is 11.6 Å². The molecule has 1 aromatic rings. The van der Waals surface area contributed by atoms with Gasteiger partial charge in [-0.3, -0.25) is 4.79 Å². The predicted molar refractivity (Wildman–Crippen MR) is 55.7 cm³/mol. The minimum atomic E-state index is -0.744. The molecule has 1 saturated heterocycles. The van der Waals surface area contributed by atoms with Gasteiger partial charge in [-0.05, 0) is 12.1 Å². The summed E-state index contributed by atoms with van der Waals surface area (Å²) in [6.45, 7) is 0.174. The van der Waals surface area contributed by atoms with Crippen molar-refractivity contribution in [1.29, 1.82) is 0 Å². The number of amides is 1. The summed E-state index contributed by atoms with van der Waals surface area (Å²) in [6, 6.07) is 3.50. The third kappa shape index (κ3) is 1.65. The van der Waals surface area contributed by atoms with Crippen LogP contribution in [0.3, 0.4) is 0 Å². The van der Waals surface area contributed by atoms with Crippen LogP contribution in [0, 0.1) is 29.9 Å². The third-order valence-electron chi connectivity index (χ3n) is 2.57. The molecule has 1 atom stereocenters. The SMILES string of the molecule is C#CC1CC(=O)N(c2c(F)cccc2F)C1. The smallest absolute Gasteiger partial charge is 0.228 e. The Kier molecular flexibility index (Phi) is 2.61. The fourth-order valence-corrected chi connectivity index (χ4v) is 1.78. The van der Waals surface area contributed by atoms with Crippen molar-refractivity contribution in [3.05, 3.63) is 29.8 Å². The lowest BCUT2D eigenvalue weighted by atomic mass is 10.1. The second-order valence-electron chi connectivity index (χ2n) is 3.64. The molecule has 1 fully saturated rings. The van der Waals surface area contributed by atoms with Gasteiger partial charge in [0.25, 0.3) is 0 Å². The molecule has 0 bridgehead atoms.